The maximum Gasteiger partial charge on any atom is 0.127 e. The normalized spacial score (nSPS) is 13.0. The summed E-state index contributed by atoms with van der Waals surface area (Å²) in [6.07, 6.45) is 2.34. The second-order valence-corrected chi connectivity index (χ2v) is 6.17. The molecule has 0 saturated carbocycles. The molecule has 3 aromatic rings. The van der Waals surface area contributed by atoms with Gasteiger partial charge in [0.1, 0.15) is 12.4 Å². The lowest BCUT2D eigenvalue weighted by Crippen LogP contribution is -2.11. The van der Waals surface area contributed by atoms with E-state index in [9.17, 15) is 0 Å². The molecule has 1 heterocycles. The highest BCUT2D eigenvalue weighted by Crippen LogP contribution is 2.34. The Kier molecular flexibility index (Phi) is 4.20. The fraction of sp³-hybridized carbons (Fsp3) is 0.182. The third kappa shape index (κ3) is 3.13. The number of aryl methyl sites for hydroxylation is 1. The fourth-order valence-electron chi connectivity index (χ4n) is 3.21. The highest BCUT2D eigenvalue weighted by Gasteiger charge is 2.12. The van der Waals surface area contributed by atoms with Gasteiger partial charge in [0.15, 0.2) is 0 Å². The number of hydrogen-bond acceptors (Lipinski definition) is 2. The van der Waals surface area contributed by atoms with Crippen LogP contribution in [0.15, 0.2) is 72.8 Å². The highest BCUT2D eigenvalue weighted by molar-refractivity contribution is 5.73. The van der Waals surface area contributed by atoms with Crippen molar-refractivity contribution in [2.24, 2.45) is 0 Å². The Morgan fingerprint density at radius 3 is 2.62 bits per heavy atom. The maximum atomic E-state index is 6.11. The summed E-state index contributed by atoms with van der Waals surface area (Å²) in [5, 5.41) is 3.47. The van der Waals surface area contributed by atoms with Crippen LogP contribution in [-0.2, 0) is 13.0 Å². The summed E-state index contributed by atoms with van der Waals surface area (Å²) in [6, 6.07) is 25.3. The van der Waals surface area contributed by atoms with Gasteiger partial charge >= 0.3 is 0 Å². The average Bonchev–Trinajstić information content (AvgIpc) is 2.67. The molecule has 2 heteroatoms. The summed E-state index contributed by atoms with van der Waals surface area (Å²) in [6.45, 7) is 1.66. The van der Waals surface area contributed by atoms with Gasteiger partial charge in [-0.3, -0.25) is 0 Å². The van der Waals surface area contributed by atoms with Crippen molar-refractivity contribution in [1.82, 2.24) is 0 Å². The molecule has 1 aliphatic rings. The van der Waals surface area contributed by atoms with Crippen LogP contribution in [-0.4, -0.2) is 6.54 Å². The van der Waals surface area contributed by atoms with Crippen LogP contribution >= 0.6 is 0 Å². The third-order valence-electron chi connectivity index (χ3n) is 4.48. The first kappa shape index (κ1) is 14.8. The zero-order valence-corrected chi connectivity index (χ0v) is 13.7. The lowest BCUT2D eigenvalue weighted by molar-refractivity contribution is 0.307. The molecule has 0 amide bonds. The van der Waals surface area contributed by atoms with Gasteiger partial charge in [-0.2, -0.15) is 0 Å². The van der Waals surface area contributed by atoms with Gasteiger partial charge in [0.2, 0.25) is 0 Å². The molecule has 0 aliphatic carbocycles. The molecule has 1 aliphatic heterocycles. The van der Waals surface area contributed by atoms with Crippen LogP contribution in [0.4, 0.5) is 5.69 Å². The minimum atomic E-state index is 0.588. The van der Waals surface area contributed by atoms with E-state index in [1.54, 1.807) is 0 Å². The summed E-state index contributed by atoms with van der Waals surface area (Å²) in [7, 11) is 0. The summed E-state index contributed by atoms with van der Waals surface area (Å²) in [5.41, 5.74) is 6.23. The Bertz CT molecular complexity index is 826. The predicted octanol–water partition coefficient (Wildman–Crippen LogP) is 5.29. The van der Waals surface area contributed by atoms with Gasteiger partial charge in [-0.15, -0.1) is 0 Å². The first-order valence-corrected chi connectivity index (χ1v) is 8.53. The number of ether oxygens (including phenoxy) is 1. The number of anilines is 1. The minimum absolute atomic E-state index is 0.588. The number of fused-ring (bicyclic) bond motifs is 1. The summed E-state index contributed by atoms with van der Waals surface area (Å²) >= 11 is 0. The number of hydrogen-bond donors (Lipinski definition) is 1. The lowest BCUT2D eigenvalue weighted by atomic mass is 9.97. The van der Waals surface area contributed by atoms with Crippen molar-refractivity contribution >= 4 is 5.69 Å². The molecule has 0 unspecified atom stereocenters. The molecule has 1 N–H and O–H groups in total. The highest BCUT2D eigenvalue weighted by atomic mass is 16.5. The second kappa shape index (κ2) is 6.79. The lowest BCUT2D eigenvalue weighted by Gasteiger charge is -2.19. The fourth-order valence-corrected chi connectivity index (χ4v) is 3.21. The van der Waals surface area contributed by atoms with Gasteiger partial charge in [0, 0.05) is 17.8 Å². The summed E-state index contributed by atoms with van der Waals surface area (Å²) in [5.74, 6) is 0.935. The monoisotopic (exact) mass is 315 g/mol. The SMILES string of the molecule is c1ccc(COc2ccccc2-c2ccc3c(c2)CCCN3)cc1. The summed E-state index contributed by atoms with van der Waals surface area (Å²) < 4.78 is 6.11. The standard InChI is InChI=1S/C22H21NO/c1-2-7-17(8-3-1)16-24-22-11-5-4-10-20(22)18-12-13-21-19(15-18)9-6-14-23-21/h1-5,7-8,10-13,15,23H,6,9,14,16H2. The molecule has 2 nitrogen and oxygen atoms in total. The quantitative estimate of drug-likeness (QED) is 0.706. The molecular weight excluding hydrogens is 294 g/mol. The Labute approximate surface area is 143 Å². The van der Waals surface area contributed by atoms with Crippen LogP contribution in [0.2, 0.25) is 0 Å². The molecule has 120 valence electrons. The largest absolute Gasteiger partial charge is 0.488 e. The van der Waals surface area contributed by atoms with Crippen LogP contribution in [0.5, 0.6) is 5.75 Å². The molecule has 0 atom stereocenters. The Morgan fingerprint density at radius 2 is 1.71 bits per heavy atom. The van der Waals surface area contributed by atoms with Crippen LogP contribution in [0, 0.1) is 0 Å². The van der Waals surface area contributed by atoms with Crippen molar-refractivity contribution in [1.29, 1.82) is 0 Å². The molecule has 4 rings (SSSR count). The van der Waals surface area contributed by atoms with Crippen molar-refractivity contribution in [3.8, 4) is 16.9 Å². The molecule has 0 aromatic heterocycles. The van der Waals surface area contributed by atoms with Gasteiger partial charge in [-0.25, -0.2) is 0 Å². The molecule has 0 radical (unpaired) electrons. The molecule has 0 spiro atoms. The van der Waals surface area contributed by atoms with E-state index < -0.39 is 0 Å². The second-order valence-electron chi connectivity index (χ2n) is 6.17. The molecule has 0 fully saturated rings. The van der Waals surface area contributed by atoms with E-state index in [2.05, 4.69) is 53.8 Å². The zero-order valence-electron chi connectivity index (χ0n) is 13.7. The van der Waals surface area contributed by atoms with Crippen molar-refractivity contribution in [3.63, 3.8) is 0 Å². The van der Waals surface area contributed by atoms with Gasteiger partial charge in [-0.05, 0) is 47.7 Å². The molecular formula is C22H21NO. The number of rotatable bonds is 4. The van der Waals surface area contributed by atoms with Crippen molar-refractivity contribution in [2.45, 2.75) is 19.4 Å². The first-order chi connectivity index (χ1) is 11.9. The van der Waals surface area contributed by atoms with E-state index in [0.29, 0.717) is 6.61 Å². The van der Waals surface area contributed by atoms with E-state index in [0.717, 1.165) is 24.3 Å². The maximum absolute atomic E-state index is 6.11. The van der Waals surface area contributed by atoms with Crippen molar-refractivity contribution in [3.05, 3.63) is 83.9 Å². The Morgan fingerprint density at radius 1 is 0.875 bits per heavy atom. The molecule has 24 heavy (non-hydrogen) atoms. The van der Waals surface area contributed by atoms with Crippen LogP contribution in [0.3, 0.4) is 0 Å². The van der Waals surface area contributed by atoms with Crippen LogP contribution in [0.1, 0.15) is 17.5 Å². The minimum Gasteiger partial charge on any atom is -0.488 e. The van der Waals surface area contributed by atoms with E-state index in [4.69, 9.17) is 4.74 Å². The van der Waals surface area contributed by atoms with Gasteiger partial charge in [0.25, 0.3) is 0 Å². The topological polar surface area (TPSA) is 21.3 Å². The Balaban J connectivity index is 1.61. The van der Waals surface area contributed by atoms with E-state index >= 15 is 0 Å². The van der Waals surface area contributed by atoms with Crippen molar-refractivity contribution in [2.75, 3.05) is 11.9 Å². The first-order valence-electron chi connectivity index (χ1n) is 8.53. The van der Waals surface area contributed by atoms with Crippen LogP contribution in [0.25, 0.3) is 11.1 Å². The number of para-hydroxylation sites is 1. The van der Waals surface area contributed by atoms with E-state index in [1.165, 1.54) is 28.8 Å². The smallest absolute Gasteiger partial charge is 0.127 e. The van der Waals surface area contributed by atoms with Gasteiger partial charge in [-0.1, -0.05) is 54.6 Å². The summed E-state index contributed by atoms with van der Waals surface area (Å²) in [4.78, 5) is 0. The predicted molar refractivity (Wildman–Crippen MR) is 99.5 cm³/mol. The number of nitrogens with one attached hydrogen (secondary N) is 1. The average molecular weight is 315 g/mol. The van der Waals surface area contributed by atoms with E-state index in [1.807, 2.05) is 24.3 Å². The van der Waals surface area contributed by atoms with Crippen molar-refractivity contribution < 1.29 is 4.74 Å². The molecule has 0 bridgehead atoms. The number of benzene rings is 3. The molecule has 0 saturated heterocycles. The zero-order chi connectivity index (χ0) is 16.2. The van der Waals surface area contributed by atoms with E-state index in [-0.39, 0.29) is 0 Å². The molecule has 3 aromatic carbocycles. The van der Waals surface area contributed by atoms with Gasteiger partial charge < -0.3 is 10.1 Å². The Hall–Kier alpha value is -2.74. The van der Waals surface area contributed by atoms with Crippen LogP contribution < -0.4 is 10.1 Å². The van der Waals surface area contributed by atoms with Gasteiger partial charge in [0.05, 0.1) is 0 Å². The third-order valence-corrected chi connectivity index (χ3v) is 4.48.